The summed E-state index contributed by atoms with van der Waals surface area (Å²) < 4.78 is 16.5. The zero-order valence-corrected chi connectivity index (χ0v) is 19.4. The summed E-state index contributed by atoms with van der Waals surface area (Å²) in [5.74, 6) is -4.75. The highest BCUT2D eigenvalue weighted by molar-refractivity contribution is 7.99. The molecule has 0 spiro atoms. The number of carbonyl (C=O) groups excluding carboxylic acids is 1. The van der Waals surface area contributed by atoms with Gasteiger partial charge >= 0.3 is 5.97 Å². The van der Waals surface area contributed by atoms with E-state index in [4.69, 9.17) is 14.2 Å². The van der Waals surface area contributed by atoms with E-state index in [2.05, 4.69) is 5.32 Å². The van der Waals surface area contributed by atoms with Crippen LogP contribution in [-0.2, 0) is 23.8 Å². The number of ether oxygens (including phenoxy) is 3. The van der Waals surface area contributed by atoms with E-state index in [0.29, 0.717) is 5.75 Å². The number of hydrogen-bond acceptors (Lipinski definition) is 13. The molecule has 34 heavy (non-hydrogen) atoms. The van der Waals surface area contributed by atoms with Gasteiger partial charge in [-0.2, -0.15) is 0 Å². The Bertz CT molecular complexity index is 701. The zero-order valence-electron chi connectivity index (χ0n) is 18.6. The quantitative estimate of drug-likeness (QED) is 0.134. The van der Waals surface area contributed by atoms with Crippen molar-refractivity contribution >= 4 is 23.6 Å². The van der Waals surface area contributed by atoms with Crippen LogP contribution in [0.5, 0.6) is 0 Å². The predicted molar refractivity (Wildman–Crippen MR) is 113 cm³/mol. The number of thioether (sulfide) groups is 1. The molecule has 2 heterocycles. The molecule has 2 saturated heterocycles. The van der Waals surface area contributed by atoms with Crippen LogP contribution in [0.4, 0.5) is 0 Å². The lowest BCUT2D eigenvalue weighted by molar-refractivity contribution is -0.349. The molecule has 2 fully saturated rings. The average molecular weight is 516 g/mol. The van der Waals surface area contributed by atoms with Gasteiger partial charge in [-0.1, -0.05) is 6.92 Å². The van der Waals surface area contributed by atoms with Gasteiger partial charge in [-0.25, -0.2) is 4.79 Å². The number of carboxylic acid groups (broad SMARTS) is 1. The lowest BCUT2D eigenvalue weighted by Gasteiger charge is -2.50. The monoisotopic (exact) mass is 515 g/mol. The van der Waals surface area contributed by atoms with Crippen LogP contribution in [0.2, 0.25) is 0 Å². The van der Waals surface area contributed by atoms with Gasteiger partial charge in [-0.3, -0.25) is 4.79 Å². The van der Waals surface area contributed by atoms with Gasteiger partial charge in [0.1, 0.15) is 48.2 Å². The van der Waals surface area contributed by atoms with Crippen LogP contribution in [-0.4, -0.2) is 138 Å². The zero-order chi connectivity index (χ0) is 25.8. The molecule has 0 radical (unpaired) electrons. The Morgan fingerprint density at radius 2 is 1.85 bits per heavy atom. The fourth-order valence-electron chi connectivity index (χ4n) is 3.96. The summed E-state index contributed by atoms with van der Waals surface area (Å²) in [4.78, 5) is 23.9. The Kier molecular flexibility index (Phi) is 10.5. The molecule has 2 rings (SSSR count). The number of carbonyl (C=O) groups is 2. The number of aliphatic hydroxyl groups excluding tert-OH is 7. The molecule has 15 heteroatoms. The summed E-state index contributed by atoms with van der Waals surface area (Å²) in [7, 11) is 0. The van der Waals surface area contributed by atoms with Crippen LogP contribution in [0.25, 0.3) is 0 Å². The fraction of sp³-hybridized carbons (Fsp3) is 0.895. The van der Waals surface area contributed by atoms with Gasteiger partial charge in [0.05, 0.1) is 25.4 Å². The first kappa shape index (κ1) is 29.1. The first-order valence-electron chi connectivity index (χ1n) is 10.7. The predicted octanol–water partition coefficient (Wildman–Crippen LogP) is -4.29. The Balaban J connectivity index is 2.44. The molecule has 0 aliphatic carbocycles. The van der Waals surface area contributed by atoms with Crippen molar-refractivity contribution in [2.45, 2.75) is 86.4 Å². The summed E-state index contributed by atoms with van der Waals surface area (Å²) in [6, 6.07) is -1.40. The molecule has 11 atom stereocenters. The molecule has 0 aromatic carbocycles. The Morgan fingerprint density at radius 1 is 1.21 bits per heavy atom. The van der Waals surface area contributed by atoms with E-state index in [9.17, 15) is 50.4 Å². The highest BCUT2D eigenvalue weighted by Crippen LogP contribution is 2.38. The molecular weight excluding hydrogens is 482 g/mol. The number of nitrogens with one attached hydrogen (secondary N) is 1. The number of amides is 1. The van der Waals surface area contributed by atoms with Crippen LogP contribution >= 0.6 is 11.8 Å². The van der Waals surface area contributed by atoms with Crippen molar-refractivity contribution in [2.24, 2.45) is 0 Å². The average Bonchev–Trinajstić information content (AvgIpc) is 2.78. The molecule has 0 unspecified atom stereocenters. The van der Waals surface area contributed by atoms with Crippen molar-refractivity contribution in [1.29, 1.82) is 0 Å². The molecule has 0 aromatic heterocycles. The minimum Gasteiger partial charge on any atom is -0.477 e. The van der Waals surface area contributed by atoms with Crippen molar-refractivity contribution in [1.82, 2.24) is 5.32 Å². The molecule has 2 aliphatic rings. The molecule has 0 bridgehead atoms. The molecule has 0 aromatic rings. The molecule has 1 amide bonds. The van der Waals surface area contributed by atoms with Crippen molar-refractivity contribution in [3.63, 3.8) is 0 Å². The van der Waals surface area contributed by atoms with E-state index in [1.54, 1.807) is 6.92 Å². The topological polar surface area (TPSA) is 236 Å². The largest absolute Gasteiger partial charge is 0.477 e. The first-order chi connectivity index (χ1) is 15.9. The lowest BCUT2D eigenvalue weighted by atomic mass is 9.88. The van der Waals surface area contributed by atoms with Gasteiger partial charge in [0.15, 0.2) is 0 Å². The van der Waals surface area contributed by atoms with Gasteiger partial charge in [0.25, 0.3) is 5.79 Å². The Morgan fingerprint density at radius 3 is 2.35 bits per heavy atom. The number of carboxylic acids is 1. The summed E-state index contributed by atoms with van der Waals surface area (Å²) in [5, 5.41) is 83.4. The van der Waals surface area contributed by atoms with Crippen molar-refractivity contribution < 1.29 is 64.7 Å². The van der Waals surface area contributed by atoms with Crippen molar-refractivity contribution in [3.8, 4) is 0 Å². The summed E-state index contributed by atoms with van der Waals surface area (Å²) >= 11 is 1.11. The van der Waals surface area contributed by atoms with Gasteiger partial charge < -0.3 is 60.4 Å². The Labute approximate surface area is 199 Å². The standard InChI is InChI=1S/C19H33NO13S/c1-3-34-17-14(28)16(13(27)10(6-22)31-17)33-19(18(29)30)4-8(24)11(20-7(2)23)15(32-19)12(26)9(25)5-21/h8-17,21-22,24-28H,3-6H2,1-2H3,(H,20,23)(H,29,30)/t8-,9+,10+,11+,12+,13-,14+,15+,16-,17-,19-/m0/s1. The van der Waals surface area contributed by atoms with Crippen LogP contribution in [0, 0.1) is 0 Å². The fourth-order valence-corrected chi connectivity index (χ4v) is 4.86. The van der Waals surface area contributed by atoms with Crippen LogP contribution in [0.15, 0.2) is 0 Å². The van der Waals surface area contributed by atoms with Gasteiger partial charge in [-0.15, -0.1) is 11.8 Å². The Hall–Kier alpha value is -1.11. The summed E-state index contributed by atoms with van der Waals surface area (Å²) in [6.07, 6.45) is -14.3. The van der Waals surface area contributed by atoms with E-state index in [1.807, 2.05) is 0 Å². The lowest BCUT2D eigenvalue weighted by Crippen LogP contribution is -2.70. The minimum atomic E-state index is -2.76. The molecular formula is C19H33NO13S. The van der Waals surface area contributed by atoms with Gasteiger partial charge in [-0.05, 0) is 5.75 Å². The molecule has 14 nitrogen and oxygen atoms in total. The third-order valence-corrected chi connectivity index (χ3v) is 6.72. The third-order valence-electron chi connectivity index (χ3n) is 5.67. The molecule has 0 saturated carbocycles. The maximum Gasteiger partial charge on any atom is 0.364 e. The van der Waals surface area contributed by atoms with Crippen molar-refractivity contribution in [2.75, 3.05) is 19.0 Å². The second-order valence-corrected chi connectivity index (χ2v) is 9.50. The number of aliphatic carboxylic acids is 1. The third kappa shape index (κ3) is 6.17. The second-order valence-electron chi connectivity index (χ2n) is 8.12. The number of aliphatic hydroxyl groups is 7. The highest BCUT2D eigenvalue weighted by atomic mass is 32.2. The number of rotatable bonds is 10. The molecule has 2 aliphatic heterocycles. The van der Waals surface area contributed by atoms with E-state index in [1.165, 1.54) is 0 Å². The van der Waals surface area contributed by atoms with Crippen LogP contribution in [0.3, 0.4) is 0 Å². The maximum absolute atomic E-state index is 12.3. The van der Waals surface area contributed by atoms with Crippen molar-refractivity contribution in [3.05, 3.63) is 0 Å². The van der Waals surface area contributed by atoms with E-state index in [-0.39, 0.29) is 0 Å². The maximum atomic E-state index is 12.3. The SMILES string of the molecule is CCS[C@@H]1O[C@H](CO)[C@H](O)[C@H](O[C@]2(C(=O)O)C[C@H](O)[C@@H](NC(C)=O)[C@H]([C@H](O)[C@H](O)CO)O2)[C@H]1O. The summed E-state index contributed by atoms with van der Waals surface area (Å²) in [6.45, 7) is 1.24. The first-order valence-corrected chi connectivity index (χ1v) is 11.7. The normalized spacial score (nSPS) is 40.4. The molecule has 9 N–H and O–H groups in total. The van der Waals surface area contributed by atoms with Gasteiger partial charge in [0, 0.05) is 13.3 Å². The summed E-state index contributed by atoms with van der Waals surface area (Å²) in [5.41, 5.74) is -1.00. The number of hydrogen-bond donors (Lipinski definition) is 9. The van der Waals surface area contributed by atoms with E-state index in [0.717, 1.165) is 18.7 Å². The van der Waals surface area contributed by atoms with E-state index >= 15 is 0 Å². The minimum absolute atomic E-state index is 0.466. The van der Waals surface area contributed by atoms with Crippen LogP contribution in [0.1, 0.15) is 20.3 Å². The molecule has 198 valence electrons. The smallest absolute Gasteiger partial charge is 0.364 e. The van der Waals surface area contributed by atoms with Gasteiger partial charge in [0.2, 0.25) is 5.91 Å². The van der Waals surface area contributed by atoms with Crippen LogP contribution < -0.4 is 5.32 Å². The highest BCUT2D eigenvalue weighted by Gasteiger charge is 2.59. The van der Waals surface area contributed by atoms with E-state index < -0.39 is 97.6 Å². The second kappa shape index (κ2) is 12.2.